The average molecular weight is 339 g/mol. The van der Waals surface area contributed by atoms with Crippen molar-refractivity contribution in [2.24, 2.45) is 0 Å². The summed E-state index contributed by atoms with van der Waals surface area (Å²) >= 11 is 5.97. The second-order valence-corrected chi connectivity index (χ2v) is 5.28. The first-order valence-corrected chi connectivity index (χ1v) is 7.59. The van der Waals surface area contributed by atoms with Gasteiger partial charge in [0.2, 0.25) is 0 Å². The Labute approximate surface area is 139 Å². The molecule has 0 heterocycles. The second kappa shape index (κ2) is 9.92. The van der Waals surface area contributed by atoms with Crippen molar-refractivity contribution in [2.45, 2.75) is 25.7 Å². The fourth-order valence-electron chi connectivity index (χ4n) is 1.81. The minimum atomic E-state index is -0.563. The van der Waals surface area contributed by atoms with E-state index in [4.69, 9.17) is 21.4 Å². The molecule has 23 heavy (non-hydrogen) atoms. The van der Waals surface area contributed by atoms with E-state index in [0.29, 0.717) is 16.1 Å². The molecule has 0 atom stereocenters. The van der Waals surface area contributed by atoms with Crippen LogP contribution in [0.25, 0.3) is 6.08 Å². The normalized spacial score (nSPS) is 10.2. The van der Waals surface area contributed by atoms with Crippen LogP contribution in [-0.2, 0) is 14.3 Å². The molecule has 0 fully saturated rings. The Balaban J connectivity index is 2.36. The van der Waals surface area contributed by atoms with E-state index in [-0.39, 0.29) is 50.5 Å². The van der Waals surface area contributed by atoms with E-state index in [1.54, 1.807) is 18.2 Å². The van der Waals surface area contributed by atoms with Crippen molar-refractivity contribution in [3.63, 3.8) is 0 Å². The summed E-state index contributed by atoms with van der Waals surface area (Å²) < 4.78 is 5.01. The lowest BCUT2D eigenvalue weighted by molar-refractivity contribution is -0.125. The predicted molar refractivity (Wildman–Crippen MR) is 87.4 cm³/mol. The lowest BCUT2D eigenvalue weighted by Crippen LogP contribution is -2.11. The van der Waals surface area contributed by atoms with E-state index in [0.717, 1.165) is 0 Å². The molecule has 0 aliphatic heterocycles. The highest BCUT2D eigenvalue weighted by atomic mass is 35.5. The molecule has 1 aromatic carbocycles. The van der Waals surface area contributed by atoms with Crippen molar-refractivity contribution in [2.75, 3.05) is 13.2 Å². The van der Waals surface area contributed by atoms with Gasteiger partial charge in [-0.1, -0.05) is 30.3 Å². The Morgan fingerprint density at radius 2 is 1.78 bits per heavy atom. The molecule has 0 bridgehead atoms. The quantitative estimate of drug-likeness (QED) is 0.663. The monoisotopic (exact) mass is 338 g/mol. The highest BCUT2D eigenvalue weighted by Crippen LogP contribution is 2.19. The van der Waals surface area contributed by atoms with Crippen LogP contribution in [0.2, 0.25) is 5.02 Å². The molecule has 1 N–H and O–H groups in total. The number of hydrogen-bond acceptors (Lipinski definition) is 5. The highest BCUT2D eigenvalue weighted by molar-refractivity contribution is 6.32. The number of ether oxygens (including phenoxy) is 1. The van der Waals surface area contributed by atoms with Gasteiger partial charge in [-0.15, -0.1) is 0 Å². The van der Waals surface area contributed by atoms with Crippen LogP contribution in [0, 0.1) is 0 Å². The first-order chi connectivity index (χ1) is 11.0. The smallest absolute Gasteiger partial charge is 0.338 e. The molecule has 0 aromatic heterocycles. The van der Waals surface area contributed by atoms with E-state index in [1.807, 2.05) is 0 Å². The first-order valence-electron chi connectivity index (χ1n) is 7.21. The van der Waals surface area contributed by atoms with Gasteiger partial charge in [-0.25, -0.2) is 4.79 Å². The minimum Gasteiger partial charge on any atom is -0.462 e. The van der Waals surface area contributed by atoms with Crippen LogP contribution in [-0.4, -0.2) is 35.9 Å². The van der Waals surface area contributed by atoms with Gasteiger partial charge in [0, 0.05) is 37.3 Å². The summed E-state index contributed by atoms with van der Waals surface area (Å²) in [6.07, 6.45) is 1.89. The number of halogens is 1. The van der Waals surface area contributed by atoms with Crippen LogP contribution in [0.4, 0.5) is 0 Å². The predicted octanol–water partition coefficient (Wildman–Crippen LogP) is 2.83. The van der Waals surface area contributed by atoms with Crippen molar-refractivity contribution in [3.05, 3.63) is 40.9 Å². The lowest BCUT2D eigenvalue weighted by Gasteiger charge is -2.06. The molecular weight excluding hydrogens is 320 g/mol. The number of esters is 1. The molecule has 1 aromatic rings. The molecule has 0 aliphatic rings. The molecule has 5 nitrogen and oxygen atoms in total. The molecule has 0 radical (unpaired) electrons. The van der Waals surface area contributed by atoms with Gasteiger partial charge in [0.1, 0.15) is 11.6 Å². The number of carbonyl (C=O) groups is 3. The summed E-state index contributed by atoms with van der Waals surface area (Å²) in [4.78, 5) is 34.6. The number of ketones is 2. The summed E-state index contributed by atoms with van der Waals surface area (Å²) in [6.45, 7) is 3.34. The zero-order valence-corrected chi connectivity index (χ0v) is 13.5. The van der Waals surface area contributed by atoms with Gasteiger partial charge in [0.15, 0.2) is 0 Å². The summed E-state index contributed by atoms with van der Waals surface area (Å²) in [5, 5.41) is 8.98. The van der Waals surface area contributed by atoms with Crippen LogP contribution < -0.4 is 0 Å². The molecule has 124 valence electrons. The summed E-state index contributed by atoms with van der Waals surface area (Å²) in [6, 6.07) is 4.71. The highest BCUT2D eigenvalue weighted by Gasteiger charge is 2.11. The third-order valence-corrected chi connectivity index (χ3v) is 3.47. The van der Waals surface area contributed by atoms with E-state index < -0.39 is 5.97 Å². The van der Waals surface area contributed by atoms with Crippen molar-refractivity contribution >= 4 is 35.2 Å². The zero-order valence-electron chi connectivity index (χ0n) is 12.7. The maximum Gasteiger partial charge on any atom is 0.338 e. The molecule has 0 saturated carbocycles. The number of benzene rings is 1. The van der Waals surface area contributed by atoms with Crippen molar-refractivity contribution in [1.29, 1.82) is 0 Å². The summed E-state index contributed by atoms with van der Waals surface area (Å²) in [7, 11) is 0. The number of carbonyl (C=O) groups excluding carboxylic acids is 3. The molecule has 1 rings (SSSR count). The number of Topliss-reactive ketones (excluding diaryl/α,β-unsaturated/α-hetero) is 2. The van der Waals surface area contributed by atoms with Gasteiger partial charge in [0.25, 0.3) is 0 Å². The van der Waals surface area contributed by atoms with Crippen molar-refractivity contribution < 1.29 is 24.2 Å². The molecular formula is C17H19ClO5. The Bertz CT molecular complexity index is 595. The van der Waals surface area contributed by atoms with Crippen LogP contribution >= 0.6 is 11.6 Å². The number of aliphatic hydroxyl groups excluding tert-OH is 1. The van der Waals surface area contributed by atoms with Gasteiger partial charge >= 0.3 is 5.97 Å². The summed E-state index contributed by atoms with van der Waals surface area (Å²) in [5.41, 5.74) is 1.01. The van der Waals surface area contributed by atoms with E-state index in [9.17, 15) is 14.4 Å². The lowest BCUT2D eigenvalue weighted by atomic mass is 10.1. The van der Waals surface area contributed by atoms with Crippen LogP contribution in [0.1, 0.15) is 41.6 Å². The van der Waals surface area contributed by atoms with E-state index in [2.05, 4.69) is 6.58 Å². The van der Waals surface area contributed by atoms with E-state index >= 15 is 0 Å². The fraction of sp³-hybridized carbons (Fsp3) is 0.353. The van der Waals surface area contributed by atoms with Gasteiger partial charge in [-0.05, 0) is 17.7 Å². The van der Waals surface area contributed by atoms with Crippen molar-refractivity contribution in [3.8, 4) is 0 Å². The molecule has 0 saturated heterocycles. The Hall–Kier alpha value is -1.98. The molecule has 6 heteroatoms. The van der Waals surface area contributed by atoms with Crippen molar-refractivity contribution in [1.82, 2.24) is 0 Å². The summed E-state index contributed by atoms with van der Waals surface area (Å²) in [5.74, 6) is -0.884. The van der Waals surface area contributed by atoms with Gasteiger partial charge in [-0.2, -0.15) is 0 Å². The maximum absolute atomic E-state index is 11.8. The Kier molecular flexibility index (Phi) is 8.22. The average Bonchev–Trinajstić information content (AvgIpc) is 2.53. The van der Waals surface area contributed by atoms with Crippen LogP contribution in [0.5, 0.6) is 0 Å². The molecule has 0 amide bonds. The largest absolute Gasteiger partial charge is 0.462 e. The standard InChI is InChI=1S/C17H19ClO5/c1-2-12-3-4-13(11-16(12)18)17(22)23-10-8-15(21)6-5-14(20)7-9-19/h2-4,11,19H,1,5-10H2. The minimum absolute atomic E-state index is 0.0489. The number of rotatable bonds is 10. The third-order valence-electron chi connectivity index (χ3n) is 3.14. The van der Waals surface area contributed by atoms with Crippen LogP contribution in [0.15, 0.2) is 24.8 Å². The zero-order chi connectivity index (χ0) is 17.2. The Morgan fingerprint density at radius 1 is 1.13 bits per heavy atom. The topological polar surface area (TPSA) is 80.7 Å². The molecule has 0 unspecified atom stereocenters. The van der Waals surface area contributed by atoms with Crippen LogP contribution in [0.3, 0.4) is 0 Å². The van der Waals surface area contributed by atoms with Gasteiger partial charge in [-0.3, -0.25) is 9.59 Å². The fourth-order valence-corrected chi connectivity index (χ4v) is 2.07. The third kappa shape index (κ3) is 6.76. The number of aliphatic hydroxyl groups is 1. The SMILES string of the molecule is C=Cc1ccc(C(=O)OCCC(=O)CCC(=O)CCO)cc1Cl. The molecule has 0 spiro atoms. The van der Waals surface area contributed by atoms with Gasteiger partial charge < -0.3 is 9.84 Å². The number of hydrogen-bond donors (Lipinski definition) is 1. The van der Waals surface area contributed by atoms with E-state index in [1.165, 1.54) is 6.07 Å². The van der Waals surface area contributed by atoms with Gasteiger partial charge in [0.05, 0.1) is 12.2 Å². The maximum atomic E-state index is 11.8. The Morgan fingerprint density at radius 3 is 2.35 bits per heavy atom. The second-order valence-electron chi connectivity index (χ2n) is 4.88. The first kappa shape index (κ1) is 19.1. The molecule has 0 aliphatic carbocycles.